The average Bonchev–Trinajstić information content (AvgIpc) is 2.77. The summed E-state index contributed by atoms with van der Waals surface area (Å²) in [5.74, 6) is 0.203. The minimum atomic E-state index is -3.53. The van der Waals surface area contributed by atoms with Crippen molar-refractivity contribution in [3.8, 4) is 0 Å². The van der Waals surface area contributed by atoms with Crippen LogP contribution in [0.25, 0.3) is 10.9 Å². The molecule has 1 amide bonds. The van der Waals surface area contributed by atoms with Crippen LogP contribution in [0.5, 0.6) is 0 Å². The average molecular weight is 489 g/mol. The monoisotopic (exact) mass is 488 g/mol. The first-order valence-corrected chi connectivity index (χ1v) is 13.0. The first-order chi connectivity index (χ1) is 15.6. The Morgan fingerprint density at radius 2 is 1.79 bits per heavy atom. The number of nitrogens with zero attached hydrogens (tertiary/aromatic N) is 3. The quantitative estimate of drug-likeness (QED) is 0.366. The Kier molecular flexibility index (Phi) is 7.93. The summed E-state index contributed by atoms with van der Waals surface area (Å²) in [5, 5.41) is 3.82. The molecule has 33 heavy (non-hydrogen) atoms. The Labute approximate surface area is 198 Å². The molecule has 0 saturated heterocycles. The van der Waals surface area contributed by atoms with Gasteiger partial charge in [0.2, 0.25) is 15.9 Å². The first kappa shape index (κ1) is 24.9. The molecule has 1 aromatic heterocycles. The van der Waals surface area contributed by atoms with Crippen LogP contribution < -0.4 is 10.9 Å². The fraction of sp³-hybridized carbons (Fsp3) is 0.348. The standard InChI is InChI=1S/C23H28N4O4S2/c1-16(2)13-14-27-22(29)19-7-5-6-8-20(19)25-23(27)32-15-21(28)24-17-9-11-18(12-10-17)33(30,31)26(3)4/h5-12,16H,13-15H2,1-4H3,(H,24,28). The van der Waals surface area contributed by atoms with Crippen LogP contribution in [0.4, 0.5) is 5.69 Å². The predicted molar refractivity (Wildman–Crippen MR) is 132 cm³/mol. The van der Waals surface area contributed by atoms with Gasteiger partial charge in [-0.3, -0.25) is 14.2 Å². The van der Waals surface area contributed by atoms with Gasteiger partial charge in [0, 0.05) is 26.3 Å². The van der Waals surface area contributed by atoms with Crippen molar-refractivity contribution in [1.82, 2.24) is 13.9 Å². The highest BCUT2D eigenvalue weighted by Gasteiger charge is 2.17. The summed E-state index contributed by atoms with van der Waals surface area (Å²) < 4.78 is 27.1. The first-order valence-electron chi connectivity index (χ1n) is 10.5. The van der Waals surface area contributed by atoms with Crippen LogP contribution in [0.3, 0.4) is 0 Å². The fourth-order valence-electron chi connectivity index (χ4n) is 3.09. The van der Waals surface area contributed by atoms with Gasteiger partial charge in [-0.25, -0.2) is 17.7 Å². The highest BCUT2D eigenvalue weighted by atomic mass is 32.2. The summed E-state index contributed by atoms with van der Waals surface area (Å²) in [6.45, 7) is 4.71. The summed E-state index contributed by atoms with van der Waals surface area (Å²) in [4.78, 5) is 30.3. The molecule has 0 atom stereocenters. The second-order valence-corrected chi connectivity index (χ2v) is 11.3. The van der Waals surface area contributed by atoms with Gasteiger partial charge in [0.1, 0.15) is 0 Å². The summed E-state index contributed by atoms with van der Waals surface area (Å²) in [6.07, 6.45) is 0.821. The van der Waals surface area contributed by atoms with Crippen molar-refractivity contribution >= 4 is 44.3 Å². The topological polar surface area (TPSA) is 101 Å². The van der Waals surface area contributed by atoms with Gasteiger partial charge in [-0.15, -0.1) is 0 Å². The molecule has 0 spiro atoms. The molecule has 1 heterocycles. The van der Waals surface area contributed by atoms with Crippen molar-refractivity contribution in [3.05, 3.63) is 58.9 Å². The van der Waals surface area contributed by atoms with E-state index in [1.165, 1.54) is 38.0 Å². The lowest BCUT2D eigenvalue weighted by Gasteiger charge is -2.14. The van der Waals surface area contributed by atoms with Gasteiger partial charge in [-0.1, -0.05) is 37.7 Å². The van der Waals surface area contributed by atoms with Crippen molar-refractivity contribution in [1.29, 1.82) is 0 Å². The largest absolute Gasteiger partial charge is 0.325 e. The van der Waals surface area contributed by atoms with Gasteiger partial charge in [0.05, 0.1) is 21.6 Å². The Morgan fingerprint density at radius 3 is 2.42 bits per heavy atom. The molecule has 10 heteroatoms. The van der Waals surface area contributed by atoms with Gasteiger partial charge in [0.25, 0.3) is 5.56 Å². The van der Waals surface area contributed by atoms with Gasteiger partial charge >= 0.3 is 0 Å². The molecule has 0 aliphatic heterocycles. The molecule has 0 bridgehead atoms. The molecule has 0 saturated carbocycles. The number of thioether (sulfide) groups is 1. The lowest BCUT2D eigenvalue weighted by molar-refractivity contribution is -0.113. The van der Waals surface area contributed by atoms with E-state index in [2.05, 4.69) is 24.1 Å². The van der Waals surface area contributed by atoms with Crippen LogP contribution in [0.1, 0.15) is 20.3 Å². The molecule has 176 valence electrons. The van der Waals surface area contributed by atoms with E-state index in [1.54, 1.807) is 28.8 Å². The molecule has 1 N–H and O–H groups in total. The molecule has 0 unspecified atom stereocenters. The number of carbonyl (C=O) groups is 1. The van der Waals surface area contributed by atoms with Crippen molar-refractivity contribution in [3.63, 3.8) is 0 Å². The van der Waals surface area contributed by atoms with Gasteiger partial charge in [-0.2, -0.15) is 0 Å². The minimum Gasteiger partial charge on any atom is -0.325 e. The number of hydrogen-bond donors (Lipinski definition) is 1. The number of carbonyl (C=O) groups excluding carboxylic acids is 1. The van der Waals surface area contributed by atoms with E-state index in [-0.39, 0.29) is 22.1 Å². The zero-order valence-corrected chi connectivity index (χ0v) is 20.7. The van der Waals surface area contributed by atoms with E-state index in [0.717, 1.165) is 10.7 Å². The van der Waals surface area contributed by atoms with Gasteiger partial charge < -0.3 is 5.32 Å². The number of rotatable bonds is 9. The predicted octanol–water partition coefficient (Wildman–Crippen LogP) is 3.42. The molecule has 2 aromatic carbocycles. The van der Waals surface area contributed by atoms with E-state index in [4.69, 9.17) is 0 Å². The molecular weight excluding hydrogens is 460 g/mol. The Morgan fingerprint density at radius 1 is 1.12 bits per heavy atom. The third kappa shape index (κ3) is 6.01. The molecule has 0 aliphatic carbocycles. The van der Waals surface area contributed by atoms with E-state index in [9.17, 15) is 18.0 Å². The van der Waals surface area contributed by atoms with Crippen LogP contribution in [-0.2, 0) is 21.4 Å². The van der Waals surface area contributed by atoms with Crippen molar-refractivity contribution in [2.45, 2.75) is 36.9 Å². The van der Waals surface area contributed by atoms with Crippen LogP contribution in [-0.4, -0.2) is 48.0 Å². The highest BCUT2D eigenvalue weighted by molar-refractivity contribution is 7.99. The maximum atomic E-state index is 13.0. The number of nitrogens with one attached hydrogen (secondary N) is 1. The zero-order valence-electron chi connectivity index (χ0n) is 19.1. The van der Waals surface area contributed by atoms with Crippen LogP contribution in [0.15, 0.2) is 63.4 Å². The third-order valence-electron chi connectivity index (χ3n) is 5.01. The molecule has 3 rings (SSSR count). The maximum absolute atomic E-state index is 13.0. The smallest absolute Gasteiger partial charge is 0.262 e. The molecule has 3 aromatic rings. The molecule has 0 aliphatic rings. The number of hydrogen-bond acceptors (Lipinski definition) is 6. The van der Waals surface area contributed by atoms with Crippen LogP contribution >= 0.6 is 11.8 Å². The number of fused-ring (bicyclic) bond motifs is 1. The van der Waals surface area contributed by atoms with Crippen LogP contribution in [0, 0.1) is 5.92 Å². The zero-order chi connectivity index (χ0) is 24.2. The van der Waals surface area contributed by atoms with Gasteiger partial charge in [0.15, 0.2) is 5.16 Å². The number of benzene rings is 2. The summed E-state index contributed by atoms with van der Waals surface area (Å²) >= 11 is 1.20. The summed E-state index contributed by atoms with van der Waals surface area (Å²) in [7, 11) is -0.607. The van der Waals surface area contributed by atoms with E-state index in [0.29, 0.717) is 34.2 Å². The number of para-hydroxylation sites is 1. The Bertz CT molecular complexity index is 1300. The highest BCUT2D eigenvalue weighted by Crippen LogP contribution is 2.20. The molecule has 0 radical (unpaired) electrons. The Balaban J connectivity index is 1.75. The lowest BCUT2D eigenvalue weighted by atomic mass is 10.1. The van der Waals surface area contributed by atoms with Gasteiger partial charge in [-0.05, 0) is 48.7 Å². The number of aromatic nitrogens is 2. The summed E-state index contributed by atoms with van der Waals surface area (Å²) in [5.41, 5.74) is 0.979. The fourth-order valence-corrected chi connectivity index (χ4v) is 4.82. The lowest BCUT2D eigenvalue weighted by Crippen LogP contribution is -2.25. The van der Waals surface area contributed by atoms with Crippen molar-refractivity contribution < 1.29 is 13.2 Å². The Hall–Kier alpha value is -2.69. The minimum absolute atomic E-state index is 0.0597. The third-order valence-corrected chi connectivity index (χ3v) is 7.81. The maximum Gasteiger partial charge on any atom is 0.262 e. The van der Waals surface area contributed by atoms with E-state index < -0.39 is 10.0 Å². The van der Waals surface area contributed by atoms with E-state index in [1.807, 2.05) is 12.1 Å². The normalized spacial score (nSPS) is 11.9. The number of amides is 1. The number of sulfonamides is 1. The second kappa shape index (κ2) is 10.5. The van der Waals surface area contributed by atoms with Crippen LogP contribution in [0.2, 0.25) is 0 Å². The summed E-state index contributed by atoms with van der Waals surface area (Å²) in [6, 6.07) is 13.2. The molecular formula is C23H28N4O4S2. The SMILES string of the molecule is CC(C)CCn1c(SCC(=O)Nc2ccc(S(=O)(=O)N(C)C)cc2)nc2ccccc2c1=O. The second-order valence-electron chi connectivity index (χ2n) is 8.20. The van der Waals surface area contributed by atoms with E-state index >= 15 is 0 Å². The van der Waals surface area contributed by atoms with Crippen molar-refractivity contribution in [2.75, 3.05) is 25.2 Å². The molecule has 0 fully saturated rings. The molecule has 8 nitrogen and oxygen atoms in total. The number of anilines is 1. The van der Waals surface area contributed by atoms with Crippen molar-refractivity contribution in [2.24, 2.45) is 5.92 Å².